The van der Waals surface area contributed by atoms with E-state index in [1.54, 1.807) is 0 Å². The molecule has 0 saturated carbocycles. The number of hydrogen-bond donors (Lipinski definition) is 0. The van der Waals surface area contributed by atoms with Crippen molar-refractivity contribution in [3.63, 3.8) is 0 Å². The van der Waals surface area contributed by atoms with Crippen molar-refractivity contribution in [3.8, 4) is 50.7 Å². The maximum atomic E-state index is 8.36. The molecule has 13 aromatic rings. The summed E-state index contributed by atoms with van der Waals surface area (Å²) in [6, 6.07) is 78.6. The molecule has 0 fully saturated rings. The predicted molar refractivity (Wildman–Crippen MR) is 313 cm³/mol. The molecule has 76 heavy (non-hydrogen) atoms. The molecule has 0 N–H and O–H groups in total. The molecule has 0 atom stereocenters. The van der Waals surface area contributed by atoms with E-state index in [0.717, 1.165) is 106 Å². The molecular formula is C69H49N5O2. The topological polar surface area (TPSA) is 51.0 Å². The fourth-order valence-electron chi connectivity index (χ4n) is 11.5. The molecule has 362 valence electrons. The third kappa shape index (κ3) is 7.37. The minimum atomic E-state index is -0.115. The Kier molecular flexibility index (Phi) is 10.4. The van der Waals surface area contributed by atoms with Gasteiger partial charge in [-0.15, -0.1) is 0 Å². The highest BCUT2D eigenvalue weighted by Gasteiger charge is 2.32. The highest BCUT2D eigenvalue weighted by atomic mass is 16.5. The molecule has 10 aromatic carbocycles. The second-order valence-corrected chi connectivity index (χ2v) is 20.6. The Morgan fingerprint density at radius 3 is 1.89 bits per heavy atom. The number of benzene rings is 10. The molecule has 0 unspecified atom stereocenters. The minimum Gasteiger partial charge on any atom is -0.459 e. The molecule has 0 amide bonds. The van der Waals surface area contributed by atoms with Crippen LogP contribution in [0, 0.1) is 6.57 Å². The summed E-state index contributed by atoms with van der Waals surface area (Å²) in [5, 5.41) is 6.49. The summed E-state index contributed by atoms with van der Waals surface area (Å²) in [7, 11) is 0. The van der Waals surface area contributed by atoms with Crippen molar-refractivity contribution in [3.05, 3.63) is 248 Å². The molecule has 4 heterocycles. The van der Waals surface area contributed by atoms with Gasteiger partial charge in [-0.1, -0.05) is 178 Å². The van der Waals surface area contributed by atoms with Crippen molar-refractivity contribution in [1.29, 1.82) is 0 Å². The second kappa shape index (κ2) is 17.7. The first kappa shape index (κ1) is 44.8. The van der Waals surface area contributed by atoms with E-state index in [-0.39, 0.29) is 5.41 Å². The molecule has 0 bridgehead atoms. The fourth-order valence-corrected chi connectivity index (χ4v) is 11.5. The lowest BCUT2D eigenvalue weighted by atomic mass is 9.88. The van der Waals surface area contributed by atoms with Gasteiger partial charge in [0.05, 0.1) is 34.5 Å². The first-order valence-corrected chi connectivity index (χ1v) is 25.7. The first-order chi connectivity index (χ1) is 37.3. The van der Waals surface area contributed by atoms with Crippen molar-refractivity contribution < 1.29 is 9.15 Å². The summed E-state index contributed by atoms with van der Waals surface area (Å²) in [5.74, 6) is 1.97. The van der Waals surface area contributed by atoms with E-state index in [4.69, 9.17) is 20.7 Å². The second-order valence-electron chi connectivity index (χ2n) is 20.6. The molecular weight excluding hydrogens is 931 g/mol. The smallest absolute Gasteiger partial charge is 0.192 e. The van der Waals surface area contributed by atoms with E-state index in [2.05, 4.69) is 246 Å². The lowest BCUT2D eigenvalue weighted by Crippen LogP contribution is -2.25. The van der Waals surface area contributed by atoms with E-state index in [1.807, 2.05) is 24.4 Å². The molecule has 1 aliphatic rings. The first-order valence-electron chi connectivity index (χ1n) is 25.7. The molecule has 14 rings (SSSR count). The van der Waals surface area contributed by atoms with Gasteiger partial charge in [-0.25, -0.2) is 9.83 Å². The van der Waals surface area contributed by atoms with Gasteiger partial charge in [0.15, 0.2) is 11.3 Å². The van der Waals surface area contributed by atoms with Gasteiger partial charge in [-0.3, -0.25) is 4.57 Å². The Morgan fingerprint density at radius 1 is 0.513 bits per heavy atom. The number of hydrogen-bond acceptors (Lipinski definition) is 5. The van der Waals surface area contributed by atoms with Crippen LogP contribution in [0.5, 0.6) is 11.5 Å². The number of aromatic nitrogens is 2. The Balaban J connectivity index is 0.899. The average Bonchev–Trinajstić information content (AvgIpc) is 4.19. The van der Waals surface area contributed by atoms with Gasteiger partial charge >= 0.3 is 0 Å². The SMILES string of the molecule is [C-]#[N+]c1cc(Oc2ccc3c4oc5c6ccccc6c6ccccc6c5c4n(-c4cc(C(C)(C)C)ccn4)c3c2)cc(N2CN(c3c(-c4ccccc4)cccc3-c3cccc(-c4ccccc4)c3)c3ccccc32)c1. The van der Waals surface area contributed by atoms with Crippen LogP contribution in [0.3, 0.4) is 0 Å². The summed E-state index contributed by atoms with van der Waals surface area (Å²) in [4.78, 5) is 13.8. The maximum absolute atomic E-state index is 8.36. The lowest BCUT2D eigenvalue weighted by molar-refractivity contribution is 0.483. The number of fused-ring (bicyclic) bond motifs is 11. The number of pyridine rings is 1. The highest BCUT2D eigenvalue weighted by molar-refractivity contribution is 6.32. The van der Waals surface area contributed by atoms with Crippen LogP contribution >= 0.6 is 0 Å². The van der Waals surface area contributed by atoms with Crippen molar-refractivity contribution in [2.24, 2.45) is 0 Å². The van der Waals surface area contributed by atoms with E-state index in [9.17, 15) is 0 Å². The third-order valence-corrected chi connectivity index (χ3v) is 15.0. The van der Waals surface area contributed by atoms with Gasteiger partial charge in [-0.05, 0) is 104 Å². The van der Waals surface area contributed by atoms with Crippen LogP contribution in [-0.4, -0.2) is 16.2 Å². The van der Waals surface area contributed by atoms with Crippen LogP contribution in [0.25, 0.3) is 98.6 Å². The number of nitrogens with zero attached hydrogens (tertiary/aromatic N) is 5. The van der Waals surface area contributed by atoms with Crippen molar-refractivity contribution in [2.45, 2.75) is 26.2 Å². The van der Waals surface area contributed by atoms with Crippen LogP contribution in [0.4, 0.5) is 28.4 Å². The van der Waals surface area contributed by atoms with Crippen molar-refractivity contribution >= 4 is 83.0 Å². The monoisotopic (exact) mass is 979 g/mol. The number of anilines is 4. The summed E-state index contributed by atoms with van der Waals surface area (Å²) >= 11 is 0. The number of furan rings is 1. The molecule has 3 aromatic heterocycles. The zero-order valence-electron chi connectivity index (χ0n) is 42.2. The molecule has 0 saturated heterocycles. The van der Waals surface area contributed by atoms with Gasteiger partial charge in [0.2, 0.25) is 0 Å². The summed E-state index contributed by atoms with van der Waals surface area (Å²) < 4.78 is 16.3. The predicted octanol–water partition coefficient (Wildman–Crippen LogP) is 19.1. The maximum Gasteiger partial charge on any atom is 0.192 e. The largest absolute Gasteiger partial charge is 0.459 e. The van der Waals surface area contributed by atoms with E-state index in [0.29, 0.717) is 23.9 Å². The Morgan fingerprint density at radius 2 is 1.14 bits per heavy atom. The van der Waals surface area contributed by atoms with Gasteiger partial charge in [-0.2, -0.15) is 0 Å². The number of rotatable bonds is 8. The zero-order valence-corrected chi connectivity index (χ0v) is 42.2. The minimum absolute atomic E-state index is 0.115. The van der Waals surface area contributed by atoms with Gasteiger partial charge in [0.25, 0.3) is 0 Å². The molecule has 0 radical (unpaired) electrons. The average molecular weight is 980 g/mol. The van der Waals surface area contributed by atoms with Gasteiger partial charge in [0.1, 0.15) is 35.1 Å². The van der Waals surface area contributed by atoms with E-state index < -0.39 is 0 Å². The van der Waals surface area contributed by atoms with E-state index in [1.165, 1.54) is 16.5 Å². The normalized spacial score (nSPS) is 12.6. The Hall–Kier alpha value is -9.90. The van der Waals surface area contributed by atoms with Crippen LogP contribution < -0.4 is 14.5 Å². The molecule has 7 nitrogen and oxygen atoms in total. The summed E-state index contributed by atoms with van der Waals surface area (Å²) in [6.45, 7) is 15.5. The van der Waals surface area contributed by atoms with Crippen LogP contribution in [0.2, 0.25) is 0 Å². The third-order valence-electron chi connectivity index (χ3n) is 15.0. The molecule has 7 heteroatoms. The summed E-state index contributed by atoms with van der Waals surface area (Å²) in [5.41, 5.74) is 15.9. The highest BCUT2D eigenvalue weighted by Crippen LogP contribution is 2.52. The summed E-state index contributed by atoms with van der Waals surface area (Å²) in [6.07, 6.45) is 1.91. The number of ether oxygens (including phenoxy) is 1. The van der Waals surface area contributed by atoms with Crippen LogP contribution in [0.1, 0.15) is 26.3 Å². The molecule has 1 aliphatic heterocycles. The van der Waals surface area contributed by atoms with Gasteiger partial charge in [0, 0.05) is 45.9 Å². The zero-order chi connectivity index (χ0) is 51.1. The molecule has 0 aliphatic carbocycles. The lowest BCUT2D eigenvalue weighted by Gasteiger charge is -2.27. The molecule has 0 spiro atoms. The standard InChI is InChI=1S/C69H49N5O2/c1-69(2,3)48-35-36-71-63(38-48)74-62-42-51(33-34-59(62)68-66(74)64-57-27-13-11-25-55(57)56-26-12-14-28-58(56)67(64)76-68)75-52-40-49(70-4)39-50(41-52)72-43-73(61-32-16-15-31-60(61)72)65-53(45-21-9-6-10-22-45)29-18-30-54(65)47-24-17-23-46(37-47)44-19-7-5-8-20-44/h5-42H,43H2,1-3H3. The van der Waals surface area contributed by atoms with Crippen molar-refractivity contribution in [1.82, 2.24) is 9.55 Å². The Bertz CT molecular complexity index is 4480. The van der Waals surface area contributed by atoms with Crippen molar-refractivity contribution in [2.75, 3.05) is 16.5 Å². The quantitative estimate of drug-likeness (QED) is 0.112. The Labute approximate surface area is 440 Å². The van der Waals surface area contributed by atoms with Crippen LogP contribution in [-0.2, 0) is 5.41 Å². The van der Waals surface area contributed by atoms with Crippen LogP contribution in [0.15, 0.2) is 235 Å². The fraction of sp³-hybridized carbons (Fsp3) is 0.0725. The van der Waals surface area contributed by atoms with Gasteiger partial charge < -0.3 is 19.0 Å². The number of para-hydroxylation sites is 3. The van der Waals surface area contributed by atoms with E-state index >= 15 is 0 Å².